The van der Waals surface area contributed by atoms with Crippen LogP contribution in [-0.4, -0.2) is 10.1 Å². The highest BCUT2D eigenvalue weighted by Crippen LogP contribution is 2.31. The van der Waals surface area contributed by atoms with Gasteiger partial charge >= 0.3 is 0 Å². The average molecular weight is 241 g/mol. The van der Waals surface area contributed by atoms with Crippen molar-refractivity contribution in [2.24, 2.45) is 0 Å². The van der Waals surface area contributed by atoms with Gasteiger partial charge in [0.2, 0.25) is 0 Å². The van der Waals surface area contributed by atoms with Gasteiger partial charge in [0, 0.05) is 11.9 Å². The van der Waals surface area contributed by atoms with Crippen molar-refractivity contribution in [3.8, 4) is 11.1 Å². The first-order valence-corrected chi connectivity index (χ1v) is 6.29. The number of aliphatic hydroxyl groups is 1. The summed E-state index contributed by atoms with van der Waals surface area (Å²) in [5, 5.41) is 9.46. The summed E-state index contributed by atoms with van der Waals surface area (Å²) in [7, 11) is 0. The number of aryl methyl sites for hydroxylation is 1. The lowest BCUT2D eigenvalue weighted by molar-refractivity contribution is 0.282. The summed E-state index contributed by atoms with van der Waals surface area (Å²) >= 11 is 0. The van der Waals surface area contributed by atoms with Gasteiger partial charge in [-0.15, -0.1) is 0 Å². The minimum Gasteiger partial charge on any atom is -0.392 e. The van der Waals surface area contributed by atoms with Crippen molar-refractivity contribution in [1.82, 2.24) is 4.98 Å². The maximum Gasteiger partial charge on any atom is 0.0687 e. The standard InChI is InChI=1S/C16H19NO/c1-11(2)16-9-17-12(3)8-15(16)14-7-5-4-6-13(14)10-18/h4-9,11,18H,10H2,1-3H3. The summed E-state index contributed by atoms with van der Waals surface area (Å²) in [6.45, 7) is 6.39. The van der Waals surface area contributed by atoms with Gasteiger partial charge in [-0.1, -0.05) is 38.1 Å². The molecular formula is C16H19NO. The Labute approximate surface area is 108 Å². The minimum absolute atomic E-state index is 0.0646. The molecule has 0 saturated heterocycles. The fraction of sp³-hybridized carbons (Fsp3) is 0.312. The molecule has 0 amide bonds. The van der Waals surface area contributed by atoms with Gasteiger partial charge in [0.15, 0.2) is 0 Å². The number of nitrogens with zero attached hydrogens (tertiary/aromatic N) is 1. The Balaban J connectivity index is 2.65. The lowest BCUT2D eigenvalue weighted by Gasteiger charge is -2.15. The second-order valence-corrected chi connectivity index (χ2v) is 4.88. The number of rotatable bonds is 3. The van der Waals surface area contributed by atoms with Crippen LogP contribution in [-0.2, 0) is 6.61 Å². The summed E-state index contributed by atoms with van der Waals surface area (Å²) in [6.07, 6.45) is 1.95. The number of aliphatic hydroxyl groups excluding tert-OH is 1. The molecule has 2 aromatic rings. The minimum atomic E-state index is 0.0646. The molecule has 2 nitrogen and oxygen atoms in total. The second kappa shape index (κ2) is 5.32. The maximum absolute atomic E-state index is 9.46. The largest absolute Gasteiger partial charge is 0.392 e. The molecule has 0 radical (unpaired) electrons. The molecule has 2 heteroatoms. The number of hydrogen-bond acceptors (Lipinski definition) is 2. The smallest absolute Gasteiger partial charge is 0.0687 e. The molecule has 0 aliphatic heterocycles. The van der Waals surface area contributed by atoms with E-state index in [1.165, 1.54) is 11.1 Å². The molecule has 0 aliphatic carbocycles. The molecule has 1 aromatic heterocycles. The Morgan fingerprint density at radius 3 is 2.56 bits per heavy atom. The zero-order valence-corrected chi connectivity index (χ0v) is 11.1. The second-order valence-electron chi connectivity index (χ2n) is 4.88. The third kappa shape index (κ3) is 2.44. The van der Waals surface area contributed by atoms with Crippen LogP contribution in [0.1, 0.15) is 36.6 Å². The average Bonchev–Trinajstić information content (AvgIpc) is 2.38. The molecule has 0 spiro atoms. The first-order valence-electron chi connectivity index (χ1n) is 6.29. The van der Waals surface area contributed by atoms with Crippen LogP contribution >= 0.6 is 0 Å². The van der Waals surface area contributed by atoms with Gasteiger partial charge in [-0.3, -0.25) is 4.98 Å². The number of benzene rings is 1. The van der Waals surface area contributed by atoms with E-state index in [0.717, 1.165) is 16.8 Å². The maximum atomic E-state index is 9.46. The van der Waals surface area contributed by atoms with Gasteiger partial charge in [-0.25, -0.2) is 0 Å². The molecule has 0 atom stereocenters. The van der Waals surface area contributed by atoms with Gasteiger partial charge in [-0.2, -0.15) is 0 Å². The van der Waals surface area contributed by atoms with Crippen LogP contribution in [0.4, 0.5) is 0 Å². The number of hydrogen-bond donors (Lipinski definition) is 1. The summed E-state index contributed by atoms with van der Waals surface area (Å²) in [5.41, 5.74) is 5.48. The van der Waals surface area contributed by atoms with Crippen LogP contribution in [0.15, 0.2) is 36.5 Å². The predicted octanol–water partition coefficient (Wildman–Crippen LogP) is 3.67. The van der Waals surface area contributed by atoms with Crippen LogP contribution in [0, 0.1) is 6.92 Å². The van der Waals surface area contributed by atoms with Crippen molar-refractivity contribution in [2.75, 3.05) is 0 Å². The number of aromatic nitrogens is 1. The molecule has 2 rings (SSSR count). The molecule has 1 aromatic carbocycles. The highest BCUT2D eigenvalue weighted by Gasteiger charge is 2.12. The van der Waals surface area contributed by atoms with Crippen molar-refractivity contribution >= 4 is 0 Å². The molecule has 0 saturated carbocycles. The molecule has 0 bridgehead atoms. The lowest BCUT2D eigenvalue weighted by Crippen LogP contribution is -1.98. The molecule has 1 heterocycles. The van der Waals surface area contributed by atoms with E-state index in [0.29, 0.717) is 5.92 Å². The van der Waals surface area contributed by atoms with Gasteiger partial charge in [0.25, 0.3) is 0 Å². The van der Waals surface area contributed by atoms with Gasteiger partial charge in [-0.05, 0) is 41.2 Å². The van der Waals surface area contributed by atoms with Crippen LogP contribution in [0.3, 0.4) is 0 Å². The van der Waals surface area contributed by atoms with Crippen molar-refractivity contribution in [2.45, 2.75) is 33.3 Å². The molecule has 0 unspecified atom stereocenters. The fourth-order valence-electron chi connectivity index (χ4n) is 2.18. The molecule has 94 valence electrons. The van der Waals surface area contributed by atoms with E-state index in [-0.39, 0.29) is 6.61 Å². The molecule has 1 N–H and O–H groups in total. The van der Waals surface area contributed by atoms with Crippen LogP contribution in [0.25, 0.3) is 11.1 Å². The van der Waals surface area contributed by atoms with E-state index in [4.69, 9.17) is 0 Å². The summed E-state index contributed by atoms with van der Waals surface area (Å²) in [4.78, 5) is 4.38. The first kappa shape index (κ1) is 12.8. The highest BCUT2D eigenvalue weighted by molar-refractivity contribution is 5.71. The quantitative estimate of drug-likeness (QED) is 0.889. The molecule has 0 aliphatic rings. The van der Waals surface area contributed by atoms with Gasteiger partial charge in [0.05, 0.1) is 6.61 Å². The summed E-state index contributed by atoms with van der Waals surface area (Å²) in [6, 6.07) is 10.1. The zero-order valence-electron chi connectivity index (χ0n) is 11.1. The van der Waals surface area contributed by atoms with Crippen molar-refractivity contribution < 1.29 is 5.11 Å². The monoisotopic (exact) mass is 241 g/mol. The van der Waals surface area contributed by atoms with E-state index in [2.05, 4.69) is 31.0 Å². The van der Waals surface area contributed by atoms with Crippen LogP contribution < -0.4 is 0 Å². The predicted molar refractivity (Wildman–Crippen MR) is 74.4 cm³/mol. The normalized spacial score (nSPS) is 10.9. The SMILES string of the molecule is Cc1cc(-c2ccccc2CO)c(C(C)C)cn1. The summed E-state index contributed by atoms with van der Waals surface area (Å²) in [5.74, 6) is 0.417. The zero-order chi connectivity index (χ0) is 13.1. The van der Waals surface area contributed by atoms with Crippen molar-refractivity contribution in [1.29, 1.82) is 0 Å². The number of pyridine rings is 1. The van der Waals surface area contributed by atoms with E-state index in [1.807, 2.05) is 31.3 Å². The third-order valence-corrected chi connectivity index (χ3v) is 3.17. The Bertz CT molecular complexity index is 547. The Morgan fingerprint density at radius 1 is 1.17 bits per heavy atom. The van der Waals surface area contributed by atoms with Crippen LogP contribution in [0.5, 0.6) is 0 Å². The third-order valence-electron chi connectivity index (χ3n) is 3.17. The van der Waals surface area contributed by atoms with Crippen molar-refractivity contribution in [3.63, 3.8) is 0 Å². The van der Waals surface area contributed by atoms with E-state index in [9.17, 15) is 5.11 Å². The van der Waals surface area contributed by atoms with E-state index < -0.39 is 0 Å². The van der Waals surface area contributed by atoms with E-state index in [1.54, 1.807) is 0 Å². The van der Waals surface area contributed by atoms with Crippen molar-refractivity contribution in [3.05, 3.63) is 53.3 Å². The lowest BCUT2D eigenvalue weighted by atomic mass is 9.91. The highest BCUT2D eigenvalue weighted by atomic mass is 16.3. The topological polar surface area (TPSA) is 33.1 Å². The van der Waals surface area contributed by atoms with Gasteiger partial charge < -0.3 is 5.11 Å². The fourth-order valence-corrected chi connectivity index (χ4v) is 2.18. The van der Waals surface area contributed by atoms with Gasteiger partial charge in [0.1, 0.15) is 0 Å². The Hall–Kier alpha value is -1.67. The van der Waals surface area contributed by atoms with Crippen LogP contribution in [0.2, 0.25) is 0 Å². The Morgan fingerprint density at radius 2 is 1.89 bits per heavy atom. The molecular weight excluding hydrogens is 222 g/mol. The molecule has 18 heavy (non-hydrogen) atoms. The van der Waals surface area contributed by atoms with E-state index >= 15 is 0 Å². The Kier molecular flexibility index (Phi) is 3.78. The first-order chi connectivity index (χ1) is 8.63. The summed E-state index contributed by atoms with van der Waals surface area (Å²) < 4.78 is 0. The molecule has 0 fully saturated rings.